The van der Waals surface area contributed by atoms with Crippen molar-refractivity contribution < 1.29 is 14.4 Å². The zero-order valence-electron chi connectivity index (χ0n) is 16.9. The van der Waals surface area contributed by atoms with Crippen LogP contribution in [0.25, 0.3) is 0 Å². The van der Waals surface area contributed by atoms with Gasteiger partial charge >= 0.3 is 0 Å². The maximum Gasteiger partial charge on any atom is 0.274 e. The molecule has 5 rings (SSSR count). The molecule has 2 fully saturated rings. The van der Waals surface area contributed by atoms with Gasteiger partial charge in [0.15, 0.2) is 5.69 Å². The second kappa shape index (κ2) is 6.97. The van der Waals surface area contributed by atoms with E-state index in [0.29, 0.717) is 6.54 Å². The number of imidazole rings is 1. The monoisotopic (exact) mass is 407 g/mol. The number of aromatic nitrogens is 2. The molecule has 1 aromatic heterocycles. The lowest BCUT2D eigenvalue weighted by molar-refractivity contribution is -0.133. The van der Waals surface area contributed by atoms with Crippen LogP contribution in [-0.4, -0.2) is 49.8 Å². The summed E-state index contributed by atoms with van der Waals surface area (Å²) in [7, 11) is 0. The topological polar surface area (TPSA) is 96.3 Å². The molecular weight excluding hydrogens is 382 g/mol. The molecule has 2 aromatic rings. The van der Waals surface area contributed by atoms with E-state index in [1.807, 2.05) is 30.3 Å². The molecule has 0 bridgehead atoms. The summed E-state index contributed by atoms with van der Waals surface area (Å²) in [6, 6.07) is 9.89. The minimum absolute atomic E-state index is 0.0213. The van der Waals surface area contributed by atoms with Crippen molar-refractivity contribution in [3.05, 3.63) is 53.6 Å². The number of fused-ring (bicyclic) bond motifs is 1. The van der Waals surface area contributed by atoms with Gasteiger partial charge in [0.2, 0.25) is 5.91 Å². The molecule has 3 aliphatic rings. The highest BCUT2D eigenvalue weighted by Crippen LogP contribution is 2.39. The Morgan fingerprint density at radius 1 is 1.17 bits per heavy atom. The second-order valence-corrected chi connectivity index (χ2v) is 8.67. The molecule has 2 N–H and O–H groups in total. The van der Waals surface area contributed by atoms with Crippen LogP contribution in [0.4, 0.5) is 0 Å². The van der Waals surface area contributed by atoms with E-state index in [2.05, 4.69) is 15.6 Å². The first kappa shape index (κ1) is 18.8. The number of rotatable bonds is 6. The highest BCUT2D eigenvalue weighted by atomic mass is 16.2. The third kappa shape index (κ3) is 3.26. The van der Waals surface area contributed by atoms with Crippen LogP contribution in [0, 0.1) is 0 Å². The van der Waals surface area contributed by atoms with Crippen molar-refractivity contribution in [3.63, 3.8) is 0 Å². The van der Waals surface area contributed by atoms with E-state index >= 15 is 0 Å². The second-order valence-electron chi connectivity index (χ2n) is 8.67. The summed E-state index contributed by atoms with van der Waals surface area (Å²) in [5, 5.41) is 5.90. The average molecular weight is 407 g/mol. The lowest BCUT2D eigenvalue weighted by Gasteiger charge is -2.44. The Labute approximate surface area is 174 Å². The van der Waals surface area contributed by atoms with Crippen molar-refractivity contribution >= 4 is 17.7 Å². The number of hydrogen-bond donors (Lipinski definition) is 2. The van der Waals surface area contributed by atoms with Crippen LogP contribution < -0.4 is 10.6 Å². The van der Waals surface area contributed by atoms with E-state index in [1.54, 1.807) is 16.4 Å². The minimum Gasteiger partial charge on any atom is -0.350 e. The summed E-state index contributed by atoms with van der Waals surface area (Å²) >= 11 is 0. The maximum atomic E-state index is 13.5. The first-order chi connectivity index (χ1) is 14.5. The van der Waals surface area contributed by atoms with Crippen LogP contribution in [0.5, 0.6) is 0 Å². The summed E-state index contributed by atoms with van der Waals surface area (Å²) in [6.07, 6.45) is 5.16. The van der Waals surface area contributed by atoms with Gasteiger partial charge in [-0.15, -0.1) is 0 Å². The molecule has 30 heavy (non-hydrogen) atoms. The molecule has 0 unspecified atom stereocenters. The average Bonchev–Trinajstić information content (AvgIpc) is 3.67. The summed E-state index contributed by atoms with van der Waals surface area (Å²) in [4.78, 5) is 45.2. The van der Waals surface area contributed by atoms with E-state index in [-0.39, 0.29) is 47.7 Å². The molecule has 3 amide bonds. The van der Waals surface area contributed by atoms with Crippen molar-refractivity contribution in [3.8, 4) is 0 Å². The summed E-state index contributed by atoms with van der Waals surface area (Å²) in [5.41, 5.74) is 0.403. The molecule has 2 saturated carbocycles. The van der Waals surface area contributed by atoms with E-state index < -0.39 is 5.54 Å². The Morgan fingerprint density at radius 2 is 1.90 bits per heavy atom. The van der Waals surface area contributed by atoms with Gasteiger partial charge < -0.3 is 20.1 Å². The Morgan fingerprint density at radius 3 is 2.57 bits per heavy atom. The zero-order chi connectivity index (χ0) is 20.9. The number of nitrogens with zero attached hydrogens (tertiary/aromatic N) is 3. The highest BCUT2D eigenvalue weighted by molar-refractivity contribution is 6.07. The molecule has 1 atom stereocenters. The van der Waals surface area contributed by atoms with Gasteiger partial charge in [0.05, 0.1) is 12.9 Å². The van der Waals surface area contributed by atoms with Crippen molar-refractivity contribution in [1.29, 1.82) is 0 Å². The first-order valence-electron chi connectivity index (χ1n) is 10.5. The number of nitrogens with one attached hydrogen (secondary N) is 2. The van der Waals surface area contributed by atoms with Crippen LogP contribution >= 0.6 is 0 Å². The minimum atomic E-state index is -1.04. The molecule has 2 heterocycles. The molecule has 156 valence electrons. The number of benzene rings is 1. The van der Waals surface area contributed by atoms with Crippen LogP contribution in [0.15, 0.2) is 36.7 Å². The molecule has 0 spiro atoms. The molecule has 1 aliphatic heterocycles. The van der Waals surface area contributed by atoms with E-state index in [4.69, 9.17) is 0 Å². The standard InChI is InChI=1S/C22H25N5O3/c1-22(21(30)23-11-14-5-3-2-4-6-14)12-26-13-24-17(19(28)25-15-7-8-15)18(26)20(29)27(22)16-9-10-16/h2-6,13,15-16H,7-12H2,1H3,(H,23,30)(H,25,28)/t22-/m0/s1. The van der Waals surface area contributed by atoms with Gasteiger partial charge in [-0.2, -0.15) is 0 Å². The SMILES string of the molecule is C[C@@]1(C(=O)NCc2ccccc2)Cn2cnc(C(=O)NC3CC3)c2C(=O)N1C1CC1. The first-order valence-corrected chi connectivity index (χ1v) is 10.5. The van der Waals surface area contributed by atoms with Crippen molar-refractivity contribution in [1.82, 2.24) is 25.1 Å². The number of carbonyl (C=O) groups excluding carboxylic acids is 3. The molecule has 8 nitrogen and oxygen atoms in total. The highest BCUT2D eigenvalue weighted by Gasteiger charge is 2.53. The molecule has 1 aromatic carbocycles. The van der Waals surface area contributed by atoms with Gasteiger partial charge in [-0.25, -0.2) is 4.98 Å². The third-order valence-electron chi connectivity index (χ3n) is 6.09. The van der Waals surface area contributed by atoms with Crippen molar-refractivity contribution in [2.75, 3.05) is 0 Å². The summed E-state index contributed by atoms with van der Waals surface area (Å²) < 4.78 is 1.66. The Balaban J connectivity index is 1.42. The fourth-order valence-electron chi connectivity index (χ4n) is 4.17. The molecule has 8 heteroatoms. The predicted octanol–water partition coefficient (Wildman–Crippen LogP) is 1.47. The van der Waals surface area contributed by atoms with Crippen LogP contribution in [-0.2, 0) is 17.9 Å². The number of amides is 3. The molecule has 2 aliphatic carbocycles. The maximum absolute atomic E-state index is 13.5. The Hall–Kier alpha value is -3.16. The third-order valence-corrected chi connectivity index (χ3v) is 6.09. The number of hydrogen-bond acceptors (Lipinski definition) is 4. The zero-order valence-corrected chi connectivity index (χ0v) is 16.9. The van der Waals surface area contributed by atoms with Crippen LogP contribution in [0.3, 0.4) is 0 Å². The smallest absolute Gasteiger partial charge is 0.274 e. The normalized spacial score (nSPS) is 23.1. The van der Waals surface area contributed by atoms with E-state index in [9.17, 15) is 14.4 Å². The van der Waals surface area contributed by atoms with Crippen LogP contribution in [0.1, 0.15) is 59.1 Å². The van der Waals surface area contributed by atoms with Crippen molar-refractivity contribution in [2.45, 2.75) is 63.3 Å². The summed E-state index contributed by atoms with van der Waals surface area (Å²) in [6.45, 7) is 2.47. The fourth-order valence-corrected chi connectivity index (χ4v) is 4.17. The van der Waals surface area contributed by atoms with Gasteiger partial charge in [-0.3, -0.25) is 14.4 Å². The lowest BCUT2D eigenvalue weighted by atomic mass is 9.93. The van der Waals surface area contributed by atoms with Crippen molar-refractivity contribution in [2.24, 2.45) is 0 Å². The predicted molar refractivity (Wildman–Crippen MR) is 109 cm³/mol. The summed E-state index contributed by atoms with van der Waals surface area (Å²) in [5.74, 6) is -0.804. The quantitative estimate of drug-likeness (QED) is 0.758. The van der Waals surface area contributed by atoms with Gasteiger partial charge in [0, 0.05) is 18.6 Å². The van der Waals surface area contributed by atoms with Gasteiger partial charge in [-0.1, -0.05) is 30.3 Å². The molecule has 0 radical (unpaired) electrons. The van der Waals surface area contributed by atoms with E-state index in [1.165, 1.54) is 6.33 Å². The van der Waals surface area contributed by atoms with Gasteiger partial charge in [0.25, 0.3) is 11.8 Å². The largest absolute Gasteiger partial charge is 0.350 e. The van der Waals surface area contributed by atoms with Crippen LogP contribution in [0.2, 0.25) is 0 Å². The van der Waals surface area contributed by atoms with Gasteiger partial charge in [-0.05, 0) is 38.2 Å². The van der Waals surface area contributed by atoms with Gasteiger partial charge in [0.1, 0.15) is 11.2 Å². The lowest BCUT2D eigenvalue weighted by Crippen LogP contribution is -2.64. The number of carbonyl (C=O) groups is 3. The molecular formula is C22H25N5O3. The fraction of sp³-hybridized carbons (Fsp3) is 0.455. The van der Waals surface area contributed by atoms with E-state index in [0.717, 1.165) is 31.2 Å². The molecule has 0 saturated heterocycles. The Kier molecular flexibility index (Phi) is 4.38. The Bertz CT molecular complexity index is 1010.